The molecular formula is C27H30O5. The van der Waals surface area contributed by atoms with Gasteiger partial charge in [-0.3, -0.25) is 0 Å². The maximum Gasteiger partial charge on any atom is 0.328 e. The Balaban J connectivity index is 1.60. The molecule has 6 rings (SSSR count). The molecule has 4 aliphatic carbocycles. The van der Waals surface area contributed by atoms with E-state index in [0.717, 1.165) is 40.5 Å². The van der Waals surface area contributed by atoms with Crippen LogP contribution in [0.2, 0.25) is 0 Å². The van der Waals surface area contributed by atoms with Crippen LogP contribution < -0.4 is 9.47 Å². The maximum absolute atomic E-state index is 10.9. The number of carboxylic acids is 1. The van der Waals surface area contributed by atoms with Crippen molar-refractivity contribution in [2.24, 2.45) is 17.8 Å². The molecule has 0 spiro atoms. The van der Waals surface area contributed by atoms with Crippen LogP contribution in [-0.4, -0.2) is 30.4 Å². The molecule has 5 nitrogen and oxygen atoms in total. The van der Waals surface area contributed by atoms with E-state index in [1.807, 2.05) is 18.2 Å². The van der Waals surface area contributed by atoms with Crippen LogP contribution in [0.3, 0.4) is 0 Å². The summed E-state index contributed by atoms with van der Waals surface area (Å²) in [6.07, 6.45) is 10.2. The number of aliphatic carboxylic acids is 1. The minimum absolute atomic E-state index is 0.0689. The highest BCUT2D eigenvalue weighted by Crippen LogP contribution is 2.62. The zero-order valence-electron chi connectivity index (χ0n) is 18.6. The first kappa shape index (κ1) is 20.9. The number of aromatic hydroxyl groups is 1. The van der Waals surface area contributed by atoms with E-state index in [0.29, 0.717) is 22.8 Å². The molecular weight excluding hydrogens is 404 g/mol. The Morgan fingerprint density at radius 2 is 1.53 bits per heavy atom. The average molecular weight is 435 g/mol. The molecule has 0 amide bonds. The minimum atomic E-state index is -1.01. The molecule has 4 bridgehead atoms. The third-order valence-electron chi connectivity index (χ3n) is 7.84. The second-order valence-corrected chi connectivity index (χ2v) is 9.90. The van der Waals surface area contributed by atoms with Gasteiger partial charge in [-0.05, 0) is 103 Å². The van der Waals surface area contributed by atoms with E-state index in [9.17, 15) is 9.90 Å². The van der Waals surface area contributed by atoms with Crippen LogP contribution in [0.25, 0.3) is 17.2 Å². The van der Waals surface area contributed by atoms with Crippen LogP contribution in [0.1, 0.15) is 49.7 Å². The highest BCUT2D eigenvalue weighted by Gasteiger charge is 2.52. The Hall–Kier alpha value is -2.95. The third-order valence-corrected chi connectivity index (χ3v) is 7.84. The molecule has 2 aromatic rings. The summed E-state index contributed by atoms with van der Waals surface area (Å²) < 4.78 is 11.4. The van der Waals surface area contributed by atoms with Crippen LogP contribution in [0.15, 0.2) is 36.4 Å². The number of hydrogen-bond donors (Lipinski definition) is 2. The van der Waals surface area contributed by atoms with Crippen molar-refractivity contribution in [3.05, 3.63) is 47.5 Å². The third kappa shape index (κ3) is 3.54. The van der Waals surface area contributed by atoms with Crippen molar-refractivity contribution in [1.29, 1.82) is 0 Å². The van der Waals surface area contributed by atoms with E-state index < -0.39 is 5.97 Å². The lowest BCUT2D eigenvalue weighted by molar-refractivity contribution is -0.131. The predicted molar refractivity (Wildman–Crippen MR) is 123 cm³/mol. The largest absolute Gasteiger partial charge is 0.508 e. The van der Waals surface area contributed by atoms with E-state index >= 15 is 0 Å². The van der Waals surface area contributed by atoms with Gasteiger partial charge in [0.25, 0.3) is 0 Å². The van der Waals surface area contributed by atoms with Crippen LogP contribution in [0.4, 0.5) is 0 Å². The second-order valence-electron chi connectivity index (χ2n) is 9.90. The van der Waals surface area contributed by atoms with E-state index in [2.05, 4.69) is 6.07 Å². The quantitative estimate of drug-likeness (QED) is 0.575. The van der Waals surface area contributed by atoms with Gasteiger partial charge in [0, 0.05) is 11.6 Å². The van der Waals surface area contributed by atoms with Gasteiger partial charge < -0.3 is 19.7 Å². The first-order valence-electron chi connectivity index (χ1n) is 11.4. The first-order chi connectivity index (χ1) is 15.4. The zero-order valence-corrected chi connectivity index (χ0v) is 18.6. The molecule has 2 aromatic carbocycles. The fourth-order valence-corrected chi connectivity index (χ4v) is 7.04. The molecule has 0 saturated heterocycles. The van der Waals surface area contributed by atoms with Gasteiger partial charge in [-0.2, -0.15) is 0 Å². The van der Waals surface area contributed by atoms with Crippen molar-refractivity contribution in [2.45, 2.75) is 43.9 Å². The summed E-state index contributed by atoms with van der Waals surface area (Å²) >= 11 is 0. The highest BCUT2D eigenvalue weighted by molar-refractivity contribution is 5.87. The van der Waals surface area contributed by atoms with E-state index in [-0.39, 0.29) is 5.41 Å². The normalized spacial score (nSPS) is 28.2. The second kappa shape index (κ2) is 7.88. The number of carboxylic acid groups (broad SMARTS) is 1. The first-order valence-corrected chi connectivity index (χ1v) is 11.4. The van der Waals surface area contributed by atoms with Crippen molar-refractivity contribution >= 4 is 12.0 Å². The zero-order chi connectivity index (χ0) is 22.5. The number of phenolic OH excluding ortho intramolecular Hbond substituents is 1. The molecule has 5 heteroatoms. The Morgan fingerprint density at radius 1 is 0.969 bits per heavy atom. The molecule has 168 valence electrons. The standard InChI is InChI=1S/C27H30O5/c1-31-23-10-16(3-6-25(29)30)11-24(32-2)26(23)20-4-5-22(28)21(12-20)27-13-17-7-18(14-27)9-19(8-17)15-27/h3-6,10-12,17-19,28H,7-9,13-15H2,1-2H3,(H,29,30)/b6-3+. The van der Waals surface area contributed by atoms with Gasteiger partial charge in [0.2, 0.25) is 0 Å². The molecule has 4 saturated carbocycles. The van der Waals surface area contributed by atoms with Gasteiger partial charge in [0.1, 0.15) is 17.2 Å². The fraction of sp³-hybridized carbons (Fsp3) is 0.444. The van der Waals surface area contributed by atoms with Gasteiger partial charge in [0.15, 0.2) is 0 Å². The number of carbonyl (C=O) groups is 1. The lowest BCUT2D eigenvalue weighted by atomic mass is 9.48. The fourth-order valence-electron chi connectivity index (χ4n) is 7.04. The monoisotopic (exact) mass is 434 g/mol. The van der Waals surface area contributed by atoms with Gasteiger partial charge in [-0.1, -0.05) is 6.07 Å². The summed E-state index contributed by atoms with van der Waals surface area (Å²) in [6, 6.07) is 9.48. The molecule has 32 heavy (non-hydrogen) atoms. The van der Waals surface area contributed by atoms with Gasteiger partial charge in [0.05, 0.1) is 19.8 Å². The molecule has 0 aromatic heterocycles. The molecule has 2 N–H and O–H groups in total. The van der Waals surface area contributed by atoms with Crippen molar-refractivity contribution in [2.75, 3.05) is 14.2 Å². The molecule has 0 heterocycles. The van der Waals surface area contributed by atoms with E-state index in [4.69, 9.17) is 14.6 Å². The van der Waals surface area contributed by atoms with Crippen molar-refractivity contribution in [1.82, 2.24) is 0 Å². The Morgan fingerprint density at radius 3 is 2.03 bits per heavy atom. The molecule has 0 aliphatic heterocycles. The summed E-state index contributed by atoms with van der Waals surface area (Å²) in [4.78, 5) is 10.9. The summed E-state index contributed by atoms with van der Waals surface area (Å²) in [7, 11) is 3.20. The topological polar surface area (TPSA) is 76.0 Å². The number of benzene rings is 2. The Labute approximate surface area is 188 Å². The average Bonchev–Trinajstić information content (AvgIpc) is 2.76. The molecule has 0 atom stereocenters. The Kier molecular flexibility index (Phi) is 5.15. The number of methoxy groups -OCH3 is 2. The number of rotatable bonds is 6. The van der Waals surface area contributed by atoms with Crippen molar-refractivity contribution in [3.8, 4) is 28.4 Å². The van der Waals surface area contributed by atoms with Crippen LogP contribution in [-0.2, 0) is 10.2 Å². The SMILES string of the molecule is COc1cc(/C=C/C(=O)O)cc(OC)c1-c1ccc(O)c(C23CC4CC(CC(C4)C2)C3)c1. The maximum atomic E-state index is 10.9. The predicted octanol–water partition coefficient (Wildman–Crippen LogP) is 5.64. The summed E-state index contributed by atoms with van der Waals surface area (Å²) in [5.41, 5.74) is 3.57. The molecule has 4 aliphatic rings. The molecule has 4 fully saturated rings. The summed E-state index contributed by atoms with van der Waals surface area (Å²) in [5.74, 6) is 2.95. The minimum Gasteiger partial charge on any atom is -0.508 e. The van der Waals surface area contributed by atoms with E-state index in [1.165, 1.54) is 44.6 Å². The Bertz CT molecular complexity index is 1020. The summed E-state index contributed by atoms with van der Waals surface area (Å²) in [5, 5.41) is 19.9. The molecule has 0 radical (unpaired) electrons. The highest BCUT2D eigenvalue weighted by atomic mass is 16.5. The van der Waals surface area contributed by atoms with Gasteiger partial charge in [-0.25, -0.2) is 4.79 Å². The van der Waals surface area contributed by atoms with Gasteiger partial charge in [-0.15, -0.1) is 0 Å². The lowest BCUT2D eigenvalue weighted by Gasteiger charge is -2.57. The summed E-state index contributed by atoms with van der Waals surface area (Å²) in [6.45, 7) is 0. The van der Waals surface area contributed by atoms with Crippen molar-refractivity contribution in [3.63, 3.8) is 0 Å². The number of ether oxygens (including phenoxy) is 2. The molecule has 0 unspecified atom stereocenters. The number of hydrogen-bond acceptors (Lipinski definition) is 4. The lowest BCUT2D eigenvalue weighted by Crippen LogP contribution is -2.48. The van der Waals surface area contributed by atoms with Crippen molar-refractivity contribution < 1.29 is 24.5 Å². The van der Waals surface area contributed by atoms with Crippen LogP contribution in [0.5, 0.6) is 17.2 Å². The van der Waals surface area contributed by atoms with Gasteiger partial charge >= 0.3 is 5.97 Å². The number of phenols is 1. The van der Waals surface area contributed by atoms with Crippen LogP contribution in [0, 0.1) is 17.8 Å². The smallest absolute Gasteiger partial charge is 0.328 e. The van der Waals surface area contributed by atoms with E-state index in [1.54, 1.807) is 20.3 Å². The van der Waals surface area contributed by atoms with Crippen LogP contribution >= 0.6 is 0 Å².